The van der Waals surface area contributed by atoms with Gasteiger partial charge in [0.1, 0.15) is 0 Å². The summed E-state index contributed by atoms with van der Waals surface area (Å²) in [5, 5.41) is 5.28. The fourth-order valence-corrected chi connectivity index (χ4v) is 2.38. The third-order valence-electron chi connectivity index (χ3n) is 2.55. The first-order chi connectivity index (χ1) is 7.72. The molecule has 0 atom stereocenters. The molecule has 0 bridgehead atoms. The fourth-order valence-electron chi connectivity index (χ4n) is 1.81. The van der Waals surface area contributed by atoms with Crippen molar-refractivity contribution < 1.29 is 4.79 Å². The molecular weight excluding hydrogens is 222 g/mol. The van der Waals surface area contributed by atoms with Gasteiger partial charge >= 0.3 is 0 Å². The lowest BCUT2D eigenvalue weighted by molar-refractivity contribution is -0.115. The maximum atomic E-state index is 11.2. The molecule has 3 N–H and O–H groups in total. The molecule has 1 aromatic heterocycles. The second-order valence-corrected chi connectivity index (χ2v) is 4.56. The number of nitrogen functional groups attached to an aromatic ring is 1. The monoisotopic (exact) mass is 231 g/mol. The smallest absolute Gasteiger partial charge is 0.228 e. The van der Waals surface area contributed by atoms with Crippen LogP contribution >= 0.6 is 11.3 Å². The van der Waals surface area contributed by atoms with Gasteiger partial charge in [-0.05, 0) is 17.7 Å². The van der Waals surface area contributed by atoms with Crippen molar-refractivity contribution in [2.45, 2.75) is 6.42 Å². The average molecular weight is 231 g/mol. The minimum atomic E-state index is 0.0462. The second kappa shape index (κ2) is 3.31. The number of amides is 1. The molecule has 1 aliphatic rings. The summed E-state index contributed by atoms with van der Waals surface area (Å²) in [7, 11) is 0. The van der Waals surface area contributed by atoms with Crippen LogP contribution in [0.3, 0.4) is 0 Å². The lowest BCUT2D eigenvalue weighted by Gasteiger charge is -2.00. The summed E-state index contributed by atoms with van der Waals surface area (Å²) in [6, 6.07) is 5.84. The molecule has 0 radical (unpaired) electrons. The van der Waals surface area contributed by atoms with Gasteiger partial charge < -0.3 is 11.1 Å². The number of rotatable bonds is 1. The molecule has 1 aliphatic heterocycles. The number of carbonyl (C=O) groups is 1. The van der Waals surface area contributed by atoms with Gasteiger partial charge in [-0.25, -0.2) is 4.98 Å². The summed E-state index contributed by atoms with van der Waals surface area (Å²) in [4.78, 5) is 15.4. The summed E-state index contributed by atoms with van der Waals surface area (Å²) in [6.07, 6.45) is 0.447. The maximum Gasteiger partial charge on any atom is 0.228 e. The Balaban J connectivity index is 2.05. The molecule has 0 saturated heterocycles. The van der Waals surface area contributed by atoms with Gasteiger partial charge in [-0.3, -0.25) is 4.79 Å². The van der Waals surface area contributed by atoms with Crippen molar-refractivity contribution in [3.63, 3.8) is 0 Å². The molecular formula is C11H9N3OS. The highest BCUT2D eigenvalue weighted by atomic mass is 32.1. The van der Waals surface area contributed by atoms with Crippen molar-refractivity contribution in [3.05, 3.63) is 29.1 Å². The molecule has 80 valence electrons. The highest BCUT2D eigenvalue weighted by molar-refractivity contribution is 7.13. The Morgan fingerprint density at radius 1 is 1.44 bits per heavy atom. The van der Waals surface area contributed by atoms with Crippen LogP contribution in [0.5, 0.6) is 0 Å². The zero-order valence-corrected chi connectivity index (χ0v) is 9.17. The fraction of sp³-hybridized carbons (Fsp3) is 0.0909. The first-order valence-corrected chi connectivity index (χ1v) is 5.74. The van der Waals surface area contributed by atoms with E-state index in [9.17, 15) is 4.79 Å². The van der Waals surface area contributed by atoms with Crippen molar-refractivity contribution in [2.75, 3.05) is 11.1 Å². The molecule has 5 heteroatoms. The van der Waals surface area contributed by atoms with Crippen LogP contribution in [-0.2, 0) is 11.2 Å². The zero-order valence-electron chi connectivity index (χ0n) is 8.36. The molecule has 4 nitrogen and oxygen atoms in total. The van der Waals surface area contributed by atoms with E-state index >= 15 is 0 Å². The minimum absolute atomic E-state index is 0.0462. The SMILES string of the molecule is Nc1nc(-c2ccc3c(c2)CC(=O)N3)cs1. The number of nitrogens with zero attached hydrogens (tertiary/aromatic N) is 1. The Morgan fingerprint density at radius 3 is 3.06 bits per heavy atom. The van der Waals surface area contributed by atoms with Gasteiger partial charge in [-0.15, -0.1) is 11.3 Å². The van der Waals surface area contributed by atoms with Crippen LogP contribution in [0.25, 0.3) is 11.3 Å². The maximum absolute atomic E-state index is 11.2. The van der Waals surface area contributed by atoms with Crippen molar-refractivity contribution in [1.82, 2.24) is 4.98 Å². The number of aromatic nitrogens is 1. The predicted molar refractivity (Wildman–Crippen MR) is 64.3 cm³/mol. The first-order valence-electron chi connectivity index (χ1n) is 4.86. The number of nitrogens with one attached hydrogen (secondary N) is 1. The van der Waals surface area contributed by atoms with Gasteiger partial charge in [0.25, 0.3) is 0 Å². The van der Waals surface area contributed by atoms with Crippen LogP contribution in [0.1, 0.15) is 5.56 Å². The number of fused-ring (bicyclic) bond motifs is 1. The van der Waals surface area contributed by atoms with Crippen molar-refractivity contribution >= 4 is 28.1 Å². The molecule has 2 heterocycles. The van der Waals surface area contributed by atoms with E-state index in [0.717, 1.165) is 22.5 Å². The predicted octanol–water partition coefficient (Wildman–Crippen LogP) is 1.89. The van der Waals surface area contributed by atoms with E-state index in [1.165, 1.54) is 11.3 Å². The van der Waals surface area contributed by atoms with E-state index < -0.39 is 0 Å². The van der Waals surface area contributed by atoms with Crippen LogP contribution in [0, 0.1) is 0 Å². The zero-order chi connectivity index (χ0) is 11.1. The lowest BCUT2D eigenvalue weighted by Crippen LogP contribution is -2.03. The number of anilines is 2. The number of benzene rings is 1. The Bertz CT molecular complexity index is 576. The van der Waals surface area contributed by atoms with E-state index in [1.54, 1.807) is 0 Å². The third kappa shape index (κ3) is 1.45. The highest BCUT2D eigenvalue weighted by Crippen LogP contribution is 2.29. The summed E-state index contributed by atoms with van der Waals surface area (Å²) >= 11 is 1.42. The Morgan fingerprint density at radius 2 is 2.31 bits per heavy atom. The molecule has 0 unspecified atom stereocenters. The van der Waals surface area contributed by atoms with Crippen molar-refractivity contribution in [2.24, 2.45) is 0 Å². The molecule has 2 aromatic rings. The van der Waals surface area contributed by atoms with Crippen LogP contribution < -0.4 is 11.1 Å². The van der Waals surface area contributed by atoms with Gasteiger partial charge in [0.05, 0.1) is 12.1 Å². The minimum Gasteiger partial charge on any atom is -0.375 e. The summed E-state index contributed by atoms with van der Waals surface area (Å²) in [5.41, 5.74) is 9.38. The largest absolute Gasteiger partial charge is 0.375 e. The number of hydrogen-bond donors (Lipinski definition) is 2. The number of carbonyl (C=O) groups excluding carboxylic acids is 1. The molecule has 0 saturated carbocycles. The normalized spacial score (nSPS) is 13.6. The van der Waals surface area contributed by atoms with E-state index in [1.807, 2.05) is 23.6 Å². The summed E-state index contributed by atoms with van der Waals surface area (Å²) in [6.45, 7) is 0. The summed E-state index contributed by atoms with van der Waals surface area (Å²) < 4.78 is 0. The first kappa shape index (κ1) is 9.35. The van der Waals surface area contributed by atoms with Crippen LogP contribution in [-0.4, -0.2) is 10.9 Å². The van der Waals surface area contributed by atoms with Crippen LogP contribution in [0.15, 0.2) is 23.6 Å². The molecule has 1 amide bonds. The van der Waals surface area contributed by atoms with E-state index in [0.29, 0.717) is 11.6 Å². The van der Waals surface area contributed by atoms with Crippen LogP contribution in [0.2, 0.25) is 0 Å². The highest BCUT2D eigenvalue weighted by Gasteiger charge is 2.18. The van der Waals surface area contributed by atoms with E-state index in [4.69, 9.17) is 5.73 Å². The van der Waals surface area contributed by atoms with Crippen molar-refractivity contribution in [1.29, 1.82) is 0 Å². The summed E-state index contributed by atoms with van der Waals surface area (Å²) in [5.74, 6) is 0.0462. The number of nitrogens with two attached hydrogens (primary N) is 1. The average Bonchev–Trinajstić information content (AvgIpc) is 2.81. The number of hydrogen-bond acceptors (Lipinski definition) is 4. The third-order valence-corrected chi connectivity index (χ3v) is 3.22. The number of thiazole rings is 1. The molecule has 1 aromatic carbocycles. The van der Waals surface area contributed by atoms with Crippen molar-refractivity contribution in [3.8, 4) is 11.3 Å². The topological polar surface area (TPSA) is 68.0 Å². The van der Waals surface area contributed by atoms with E-state index in [-0.39, 0.29) is 5.91 Å². The Hall–Kier alpha value is -1.88. The molecule has 0 aliphatic carbocycles. The Kier molecular flexibility index (Phi) is 1.94. The van der Waals surface area contributed by atoms with Crippen LogP contribution in [0.4, 0.5) is 10.8 Å². The molecule has 16 heavy (non-hydrogen) atoms. The van der Waals surface area contributed by atoms with Gasteiger partial charge in [0, 0.05) is 16.6 Å². The lowest BCUT2D eigenvalue weighted by atomic mass is 10.1. The van der Waals surface area contributed by atoms with Gasteiger partial charge in [0.15, 0.2) is 5.13 Å². The molecule has 0 spiro atoms. The second-order valence-electron chi connectivity index (χ2n) is 3.67. The van der Waals surface area contributed by atoms with Gasteiger partial charge in [0.2, 0.25) is 5.91 Å². The van der Waals surface area contributed by atoms with Gasteiger partial charge in [-0.2, -0.15) is 0 Å². The molecule has 3 rings (SSSR count). The standard InChI is InChI=1S/C11H9N3OS/c12-11-14-9(5-16-11)6-1-2-8-7(3-6)4-10(15)13-8/h1-3,5H,4H2,(H2,12,14)(H,13,15). The molecule has 0 fully saturated rings. The van der Waals surface area contributed by atoms with E-state index in [2.05, 4.69) is 10.3 Å². The van der Waals surface area contributed by atoms with Gasteiger partial charge in [-0.1, -0.05) is 6.07 Å². The quantitative estimate of drug-likeness (QED) is 0.787. The Labute approximate surface area is 96.1 Å².